The molecule has 2 aromatic rings. The van der Waals surface area contributed by atoms with Crippen LogP contribution in [0.5, 0.6) is 0 Å². The zero-order valence-electron chi connectivity index (χ0n) is 15.9. The highest BCUT2D eigenvalue weighted by Crippen LogP contribution is 2.54. The van der Waals surface area contributed by atoms with Crippen LogP contribution in [0.2, 0.25) is 10.4 Å². The molecule has 2 fully saturated rings. The van der Waals surface area contributed by atoms with Gasteiger partial charge in [-0.2, -0.15) is 4.98 Å². The number of piperidine rings is 1. The first kappa shape index (κ1) is 19.8. The van der Waals surface area contributed by atoms with E-state index < -0.39 is 11.3 Å². The van der Waals surface area contributed by atoms with E-state index in [4.69, 9.17) is 23.2 Å². The first-order chi connectivity index (χ1) is 14.3. The van der Waals surface area contributed by atoms with Gasteiger partial charge in [-0.15, -0.1) is 0 Å². The fraction of sp³-hybridized carbons (Fsp3) is 0.526. The summed E-state index contributed by atoms with van der Waals surface area (Å²) in [5.74, 6) is -2.06. The van der Waals surface area contributed by atoms with Gasteiger partial charge in [-0.1, -0.05) is 24.4 Å². The van der Waals surface area contributed by atoms with Crippen LogP contribution in [0.3, 0.4) is 0 Å². The van der Waals surface area contributed by atoms with Gasteiger partial charge in [0, 0.05) is 31.5 Å². The number of alkyl halides is 2. The Balaban J connectivity index is 1.50. The molecule has 0 aromatic carbocycles. The molecule has 1 saturated heterocycles. The van der Waals surface area contributed by atoms with Gasteiger partial charge in [0.1, 0.15) is 5.15 Å². The first-order valence-electron chi connectivity index (χ1n) is 9.84. The van der Waals surface area contributed by atoms with E-state index in [0.29, 0.717) is 35.9 Å². The van der Waals surface area contributed by atoms with Gasteiger partial charge in [0.25, 0.3) is 5.92 Å². The molecule has 4 heterocycles. The molecule has 30 heavy (non-hydrogen) atoms. The molecule has 3 aliphatic rings. The lowest BCUT2D eigenvalue weighted by Crippen LogP contribution is -2.40. The maximum absolute atomic E-state index is 13.5. The highest BCUT2D eigenvalue weighted by atomic mass is 35.5. The van der Waals surface area contributed by atoms with Gasteiger partial charge < -0.3 is 4.90 Å². The molecule has 0 unspecified atom stereocenters. The minimum atomic E-state index is -2.64. The summed E-state index contributed by atoms with van der Waals surface area (Å²) in [6.45, 7) is 0.360. The monoisotopic (exact) mass is 454 g/mol. The zero-order chi connectivity index (χ0) is 21.1. The first-order valence-corrected chi connectivity index (χ1v) is 10.6. The van der Waals surface area contributed by atoms with Crippen molar-refractivity contribution in [1.82, 2.24) is 19.9 Å². The van der Waals surface area contributed by atoms with E-state index in [2.05, 4.69) is 19.9 Å². The molecule has 1 amide bonds. The molecule has 5 rings (SSSR count). The van der Waals surface area contributed by atoms with Crippen molar-refractivity contribution in [2.75, 3.05) is 22.9 Å². The molecule has 1 saturated carbocycles. The molecule has 7 nitrogen and oxygen atoms in total. The normalized spacial score (nSPS) is 22.1. The molecule has 2 aromatic heterocycles. The number of nitrogens with zero attached hydrogens (tertiary/aromatic N) is 6. The number of hydrogen-bond acceptors (Lipinski definition) is 6. The molecular formula is C19H18Cl2F2N6O. The van der Waals surface area contributed by atoms with Crippen molar-refractivity contribution in [3.63, 3.8) is 0 Å². The van der Waals surface area contributed by atoms with Gasteiger partial charge in [0.2, 0.25) is 17.1 Å². The third-order valence-electron chi connectivity index (χ3n) is 6.24. The van der Waals surface area contributed by atoms with E-state index in [1.54, 1.807) is 4.90 Å². The number of rotatable bonds is 2. The second-order valence-electron chi connectivity index (χ2n) is 8.00. The maximum atomic E-state index is 13.5. The summed E-state index contributed by atoms with van der Waals surface area (Å²) < 4.78 is 26.8. The second-order valence-corrected chi connectivity index (χ2v) is 8.69. The summed E-state index contributed by atoms with van der Waals surface area (Å²) in [7, 11) is 0. The number of halogens is 4. The Morgan fingerprint density at radius 2 is 1.60 bits per heavy atom. The fourth-order valence-electron chi connectivity index (χ4n) is 4.70. The lowest BCUT2D eigenvalue weighted by Gasteiger charge is -2.31. The summed E-state index contributed by atoms with van der Waals surface area (Å²) in [5, 5.41) is 0.146. The minimum Gasteiger partial charge on any atom is -0.340 e. The SMILES string of the molecule is O=C1N(c2cnc(N3CCC(F)(F)CC3)nc2)c2nc(Cl)nc(Cl)c2C12CCCC2. The van der Waals surface area contributed by atoms with Crippen LogP contribution < -0.4 is 9.80 Å². The number of anilines is 3. The predicted octanol–water partition coefficient (Wildman–Crippen LogP) is 4.30. The predicted molar refractivity (Wildman–Crippen MR) is 108 cm³/mol. The van der Waals surface area contributed by atoms with E-state index in [1.807, 2.05) is 0 Å². The highest BCUT2D eigenvalue weighted by molar-refractivity contribution is 6.34. The Bertz CT molecular complexity index is 1000. The number of carbonyl (C=O) groups excluding carboxylic acids is 1. The van der Waals surface area contributed by atoms with Crippen LogP contribution in [0.4, 0.5) is 26.2 Å². The Labute approximate surface area is 181 Å². The van der Waals surface area contributed by atoms with Crippen LogP contribution in [-0.4, -0.2) is 44.9 Å². The number of aromatic nitrogens is 4. The molecule has 0 N–H and O–H groups in total. The smallest absolute Gasteiger partial charge is 0.251 e. The van der Waals surface area contributed by atoms with Gasteiger partial charge >= 0.3 is 0 Å². The number of fused-ring (bicyclic) bond motifs is 2. The van der Waals surface area contributed by atoms with Gasteiger partial charge in [0.05, 0.1) is 23.5 Å². The third kappa shape index (κ3) is 3.01. The van der Waals surface area contributed by atoms with Crippen molar-refractivity contribution in [3.05, 3.63) is 28.4 Å². The molecule has 0 atom stereocenters. The Morgan fingerprint density at radius 3 is 2.23 bits per heavy atom. The van der Waals surface area contributed by atoms with E-state index in [1.165, 1.54) is 17.3 Å². The number of hydrogen-bond donors (Lipinski definition) is 0. The molecule has 158 valence electrons. The zero-order valence-corrected chi connectivity index (χ0v) is 17.4. The van der Waals surface area contributed by atoms with Crippen LogP contribution in [0.15, 0.2) is 12.4 Å². The van der Waals surface area contributed by atoms with Gasteiger partial charge in [-0.25, -0.2) is 23.7 Å². The van der Waals surface area contributed by atoms with E-state index in [-0.39, 0.29) is 42.3 Å². The Hall–Kier alpha value is -2.13. The van der Waals surface area contributed by atoms with Crippen LogP contribution >= 0.6 is 23.2 Å². The molecule has 2 aliphatic heterocycles. The Kier molecular flexibility index (Phi) is 4.59. The summed E-state index contributed by atoms with van der Waals surface area (Å²) in [6.07, 6.45) is 5.71. The van der Waals surface area contributed by atoms with Crippen molar-refractivity contribution >= 4 is 46.6 Å². The molecular weight excluding hydrogens is 437 g/mol. The van der Waals surface area contributed by atoms with Crippen molar-refractivity contribution in [3.8, 4) is 0 Å². The summed E-state index contributed by atoms with van der Waals surface area (Å²) in [6, 6.07) is 0. The van der Waals surface area contributed by atoms with Crippen LogP contribution in [-0.2, 0) is 10.2 Å². The van der Waals surface area contributed by atoms with Crippen molar-refractivity contribution in [2.45, 2.75) is 49.9 Å². The maximum Gasteiger partial charge on any atom is 0.251 e. The summed E-state index contributed by atoms with van der Waals surface area (Å²) in [5.41, 5.74) is 0.286. The fourth-order valence-corrected chi connectivity index (χ4v) is 5.25. The topological polar surface area (TPSA) is 75.1 Å². The number of carbonyl (C=O) groups is 1. The lowest BCUT2D eigenvalue weighted by molar-refractivity contribution is -0.122. The average Bonchev–Trinajstić information content (AvgIpc) is 3.27. The van der Waals surface area contributed by atoms with E-state index in [9.17, 15) is 13.6 Å². The quantitative estimate of drug-likeness (QED) is 0.497. The Morgan fingerprint density at radius 1 is 0.967 bits per heavy atom. The van der Waals surface area contributed by atoms with Crippen LogP contribution in [0.1, 0.15) is 44.1 Å². The van der Waals surface area contributed by atoms with E-state index in [0.717, 1.165) is 12.8 Å². The van der Waals surface area contributed by atoms with Gasteiger partial charge in [-0.3, -0.25) is 9.69 Å². The van der Waals surface area contributed by atoms with Crippen LogP contribution in [0, 0.1) is 0 Å². The average molecular weight is 455 g/mol. The van der Waals surface area contributed by atoms with Gasteiger partial charge in [0.15, 0.2) is 5.82 Å². The van der Waals surface area contributed by atoms with Crippen molar-refractivity contribution in [2.24, 2.45) is 0 Å². The largest absolute Gasteiger partial charge is 0.340 e. The standard InChI is InChI=1S/C19H18Cl2F2N6O/c20-13-12-14(27-16(21)26-13)29(15(30)18(12)3-1-2-4-18)11-9-24-17(25-10-11)28-7-5-19(22,23)6-8-28/h9-10H,1-8H2. The highest BCUT2D eigenvalue weighted by Gasteiger charge is 2.55. The van der Waals surface area contributed by atoms with Crippen LogP contribution in [0.25, 0.3) is 0 Å². The molecule has 11 heteroatoms. The molecule has 1 spiro atoms. The number of amides is 1. The van der Waals surface area contributed by atoms with Gasteiger partial charge in [-0.05, 0) is 24.4 Å². The minimum absolute atomic E-state index is 0.0432. The molecule has 0 bridgehead atoms. The summed E-state index contributed by atoms with van der Waals surface area (Å²) in [4.78, 5) is 33.7. The van der Waals surface area contributed by atoms with Crippen molar-refractivity contribution in [1.29, 1.82) is 0 Å². The second kappa shape index (κ2) is 6.95. The third-order valence-corrected chi connectivity index (χ3v) is 6.68. The molecule has 1 aliphatic carbocycles. The van der Waals surface area contributed by atoms with E-state index >= 15 is 0 Å². The van der Waals surface area contributed by atoms with Crippen molar-refractivity contribution < 1.29 is 13.6 Å². The molecule has 0 radical (unpaired) electrons. The lowest BCUT2D eigenvalue weighted by atomic mass is 9.81. The summed E-state index contributed by atoms with van der Waals surface area (Å²) >= 11 is 12.4.